The van der Waals surface area contributed by atoms with Crippen molar-refractivity contribution >= 4 is 46.7 Å². The Morgan fingerprint density at radius 1 is 1.17 bits per heavy atom. The molecule has 42 heavy (non-hydrogen) atoms. The molecule has 9 nitrogen and oxygen atoms in total. The van der Waals surface area contributed by atoms with E-state index >= 15 is 0 Å². The Balaban J connectivity index is 0.000000165. The Morgan fingerprint density at radius 3 is 2.43 bits per heavy atom. The van der Waals surface area contributed by atoms with Crippen molar-refractivity contribution in [3.63, 3.8) is 0 Å². The molecule has 6 rings (SSSR count). The molecule has 0 bridgehead atoms. The quantitative estimate of drug-likeness (QED) is 0.264. The van der Waals surface area contributed by atoms with E-state index in [4.69, 9.17) is 10.5 Å². The first-order valence-electron chi connectivity index (χ1n) is 15.4. The number of fused-ring (bicyclic) bond motifs is 1. The minimum absolute atomic E-state index is 0.00883. The lowest BCUT2D eigenvalue weighted by atomic mass is 9.78. The van der Waals surface area contributed by atoms with Crippen LogP contribution in [0.4, 0.5) is 0 Å². The molecule has 1 aromatic carbocycles. The van der Waals surface area contributed by atoms with E-state index in [1.54, 1.807) is 24.9 Å². The van der Waals surface area contributed by atoms with Crippen molar-refractivity contribution < 1.29 is 23.9 Å². The number of aromatic nitrogens is 1. The molecule has 10 heteroatoms. The van der Waals surface area contributed by atoms with Gasteiger partial charge in [-0.15, -0.1) is 11.8 Å². The molecule has 2 aromatic rings. The van der Waals surface area contributed by atoms with Crippen molar-refractivity contribution in [2.24, 2.45) is 17.6 Å². The van der Waals surface area contributed by atoms with Gasteiger partial charge in [-0.1, -0.05) is 64.4 Å². The molecule has 3 heterocycles. The Hall–Kier alpha value is -3.01. The largest absolute Gasteiger partial charge is 0.496 e. The Bertz CT molecular complexity index is 1230. The van der Waals surface area contributed by atoms with E-state index in [1.165, 1.54) is 51.4 Å². The zero-order valence-electron chi connectivity index (χ0n) is 24.9. The number of H-pyrrole nitrogens is 1. The third-order valence-corrected chi connectivity index (χ3v) is 9.75. The topological polar surface area (TPSA) is 143 Å². The van der Waals surface area contributed by atoms with E-state index in [0.29, 0.717) is 12.1 Å². The predicted molar refractivity (Wildman–Crippen MR) is 167 cm³/mol. The maximum absolute atomic E-state index is 12.2. The highest BCUT2D eigenvalue weighted by Crippen LogP contribution is 2.39. The van der Waals surface area contributed by atoms with Crippen molar-refractivity contribution in [3.05, 3.63) is 30.0 Å². The van der Waals surface area contributed by atoms with Crippen molar-refractivity contribution in [3.8, 4) is 5.75 Å². The number of methoxy groups -OCH3 is 1. The van der Waals surface area contributed by atoms with E-state index < -0.39 is 11.9 Å². The maximum atomic E-state index is 12.2. The molecule has 4 aliphatic rings. The van der Waals surface area contributed by atoms with Crippen LogP contribution in [0.3, 0.4) is 0 Å². The van der Waals surface area contributed by atoms with Crippen LogP contribution in [-0.4, -0.2) is 58.7 Å². The van der Waals surface area contributed by atoms with Gasteiger partial charge in [0.15, 0.2) is 0 Å². The summed E-state index contributed by atoms with van der Waals surface area (Å²) in [6.07, 6.45) is 15.1. The molecule has 5 N–H and O–H groups in total. The number of nitrogens with one attached hydrogen (secondary N) is 3. The number of nitrogens with two attached hydrogens (primary N) is 1. The molecule has 2 saturated carbocycles. The summed E-state index contributed by atoms with van der Waals surface area (Å²) in [6, 6.07) is 6.71. The number of benzene rings is 1. The van der Waals surface area contributed by atoms with Gasteiger partial charge in [-0.3, -0.25) is 14.4 Å². The van der Waals surface area contributed by atoms with Crippen LogP contribution in [0.2, 0.25) is 0 Å². The fraction of sp³-hybridized carbons (Fsp3) is 0.625. The Morgan fingerprint density at radius 2 is 1.86 bits per heavy atom. The summed E-state index contributed by atoms with van der Waals surface area (Å²) in [7, 11) is 1.59. The number of primary amides is 1. The summed E-state index contributed by atoms with van der Waals surface area (Å²) in [5.41, 5.74) is 6.36. The number of aromatic amines is 1. The van der Waals surface area contributed by atoms with Gasteiger partial charge < -0.3 is 30.9 Å². The zero-order valence-corrected chi connectivity index (χ0v) is 25.7. The van der Waals surface area contributed by atoms with Gasteiger partial charge in [0.2, 0.25) is 11.8 Å². The van der Waals surface area contributed by atoms with Gasteiger partial charge in [0, 0.05) is 28.1 Å². The van der Waals surface area contributed by atoms with E-state index in [2.05, 4.69) is 22.5 Å². The minimum atomic E-state index is -0.534. The number of hydrogen-bond acceptors (Lipinski definition) is 6. The smallest absolute Gasteiger partial charge is 0.265 e. The van der Waals surface area contributed by atoms with Crippen LogP contribution in [0, 0.1) is 11.8 Å². The first-order chi connectivity index (χ1) is 20.2. The van der Waals surface area contributed by atoms with Crippen LogP contribution in [-0.2, 0) is 14.4 Å². The van der Waals surface area contributed by atoms with Crippen molar-refractivity contribution in [2.75, 3.05) is 12.9 Å². The normalized spacial score (nSPS) is 23.4. The molecule has 1 spiro atoms. The van der Waals surface area contributed by atoms with Gasteiger partial charge in [-0.05, 0) is 49.8 Å². The lowest BCUT2D eigenvalue weighted by molar-refractivity contribution is -0.125. The van der Waals surface area contributed by atoms with E-state index in [0.717, 1.165) is 53.9 Å². The van der Waals surface area contributed by atoms with Gasteiger partial charge in [0.1, 0.15) is 17.7 Å². The number of thioether (sulfide) groups is 1. The lowest BCUT2D eigenvalue weighted by Gasteiger charge is -2.33. The molecule has 4 fully saturated rings. The first kappa shape index (κ1) is 31.9. The molecular formula is C32H46N4O5S. The number of ether oxygens (including phenoxy) is 1. The number of hydrogen-bond donors (Lipinski definition) is 4. The Labute approximate surface area is 252 Å². The molecule has 3 amide bonds. The second kappa shape index (κ2) is 14.9. The van der Waals surface area contributed by atoms with Crippen molar-refractivity contribution in [1.29, 1.82) is 0 Å². The third-order valence-electron chi connectivity index (χ3n) is 8.87. The first-order valence-corrected chi connectivity index (χ1v) is 16.4. The molecule has 3 unspecified atom stereocenters. The highest BCUT2D eigenvalue weighted by molar-refractivity contribution is 8.07. The average Bonchev–Trinajstić information content (AvgIpc) is 3.68. The number of carbonyl (C=O) groups is 4. The molecule has 2 saturated heterocycles. The summed E-state index contributed by atoms with van der Waals surface area (Å²) in [6.45, 7) is 2.36. The third kappa shape index (κ3) is 8.75. The SMILES string of the molecule is CC1CCCCC1.COc1cccc2[nH]c(C(N)=O)cc12.O=CC(CC1CC2(CCCCC2)NC1=O)NC(=O)C1CS1. The van der Waals surface area contributed by atoms with E-state index in [-0.39, 0.29) is 28.5 Å². The molecule has 0 radical (unpaired) electrons. The van der Waals surface area contributed by atoms with Gasteiger partial charge >= 0.3 is 0 Å². The summed E-state index contributed by atoms with van der Waals surface area (Å²) < 4.78 is 5.15. The van der Waals surface area contributed by atoms with Crippen LogP contribution in [0.15, 0.2) is 24.3 Å². The van der Waals surface area contributed by atoms with Crippen LogP contribution in [0.5, 0.6) is 5.75 Å². The van der Waals surface area contributed by atoms with Crippen molar-refractivity contribution in [1.82, 2.24) is 15.6 Å². The fourth-order valence-electron chi connectivity index (χ4n) is 6.40. The molecule has 230 valence electrons. The van der Waals surface area contributed by atoms with Gasteiger partial charge in [0.05, 0.1) is 18.4 Å². The number of rotatable bonds is 7. The molecule has 2 aliphatic carbocycles. The molecule has 3 atom stereocenters. The van der Waals surface area contributed by atoms with Crippen LogP contribution < -0.4 is 21.1 Å². The summed E-state index contributed by atoms with van der Waals surface area (Å²) in [5.74, 6) is 1.97. The van der Waals surface area contributed by atoms with Gasteiger partial charge in [-0.25, -0.2) is 0 Å². The van der Waals surface area contributed by atoms with Crippen LogP contribution in [0.25, 0.3) is 10.9 Å². The Kier molecular flexibility index (Phi) is 11.4. The molecule has 1 aromatic heterocycles. The second-order valence-corrected chi connectivity index (χ2v) is 13.5. The average molecular weight is 599 g/mol. The number of aldehydes is 1. The number of amides is 3. The standard InChI is InChI=1S/C15H22N2O3S.C10H10N2O2.C7H14/c18-8-11(16-14(20)12-9-21-12)6-10-7-15(17-13(10)19)4-2-1-3-5-15;1-14-9-4-2-3-7-6(9)5-8(12-7)10(11)13;1-7-5-3-2-4-6-7/h8,10-12H,1-7,9H2,(H,16,20)(H,17,19);2-5,12H,1H3,(H2,11,13);7H,2-6H2,1H3. The summed E-state index contributed by atoms with van der Waals surface area (Å²) in [5, 5.41) is 6.80. The number of carbonyl (C=O) groups excluding carboxylic acids is 4. The van der Waals surface area contributed by atoms with Gasteiger partial charge in [0.25, 0.3) is 5.91 Å². The maximum Gasteiger partial charge on any atom is 0.265 e. The fourth-order valence-corrected chi connectivity index (χ4v) is 6.87. The highest BCUT2D eigenvalue weighted by Gasteiger charge is 2.45. The molecular weight excluding hydrogens is 552 g/mol. The van der Waals surface area contributed by atoms with Gasteiger partial charge in [-0.2, -0.15) is 0 Å². The minimum Gasteiger partial charge on any atom is -0.496 e. The zero-order chi connectivity index (χ0) is 30.1. The summed E-state index contributed by atoms with van der Waals surface area (Å²) in [4.78, 5) is 48.9. The predicted octanol–water partition coefficient (Wildman–Crippen LogP) is 4.88. The van der Waals surface area contributed by atoms with E-state index in [9.17, 15) is 19.2 Å². The second-order valence-electron chi connectivity index (χ2n) is 12.3. The van der Waals surface area contributed by atoms with E-state index in [1.807, 2.05) is 18.2 Å². The summed E-state index contributed by atoms with van der Waals surface area (Å²) >= 11 is 1.58. The molecule has 2 aliphatic heterocycles. The van der Waals surface area contributed by atoms with Crippen LogP contribution >= 0.6 is 11.8 Å². The highest BCUT2D eigenvalue weighted by atomic mass is 32.2. The monoisotopic (exact) mass is 598 g/mol. The van der Waals surface area contributed by atoms with Crippen LogP contribution in [0.1, 0.15) is 94.5 Å². The lowest BCUT2D eigenvalue weighted by Crippen LogP contribution is -2.43. The van der Waals surface area contributed by atoms with Crippen molar-refractivity contribution in [2.45, 2.75) is 101 Å².